The monoisotopic (exact) mass is 264 g/mol. The quantitative estimate of drug-likeness (QED) is 0.822. The lowest BCUT2D eigenvalue weighted by Gasteiger charge is -2.22. The van der Waals surface area contributed by atoms with E-state index >= 15 is 0 Å². The zero-order valence-corrected chi connectivity index (χ0v) is 11.0. The molecule has 2 aliphatic rings. The molecule has 0 unspecified atom stereocenters. The number of carbonyl (C=O) groups excluding carboxylic acids is 1. The van der Waals surface area contributed by atoms with Crippen LogP contribution in [-0.4, -0.2) is 24.2 Å². The van der Waals surface area contributed by atoms with Crippen LogP contribution in [0, 0.1) is 0 Å². The van der Waals surface area contributed by atoms with Crippen LogP contribution in [0.2, 0.25) is 0 Å². The van der Waals surface area contributed by atoms with Gasteiger partial charge in [0, 0.05) is 11.3 Å². The van der Waals surface area contributed by atoms with Crippen LogP contribution in [0.25, 0.3) is 0 Å². The predicted molar refractivity (Wildman–Crippen MR) is 70.6 cm³/mol. The summed E-state index contributed by atoms with van der Waals surface area (Å²) in [5.74, 6) is 2.00. The fourth-order valence-corrected chi connectivity index (χ4v) is 3.52. The smallest absolute Gasteiger partial charge is 0.162 e. The minimum absolute atomic E-state index is 0.126. The number of fused-ring (bicyclic) bond motifs is 1. The van der Waals surface area contributed by atoms with Crippen LogP contribution in [0.5, 0.6) is 11.5 Å². The zero-order chi connectivity index (χ0) is 12.4. The molecule has 1 aliphatic carbocycles. The lowest BCUT2D eigenvalue weighted by molar-refractivity contribution is -0.119. The molecule has 3 rings (SSSR count). The number of thioether (sulfide) groups is 1. The number of Topliss-reactive ketones (excluding diaryl/α,β-unsaturated/α-hetero) is 1. The summed E-state index contributed by atoms with van der Waals surface area (Å²) < 4.78 is 11.0. The van der Waals surface area contributed by atoms with E-state index in [0.717, 1.165) is 42.1 Å². The second-order valence-corrected chi connectivity index (χ2v) is 5.90. The number of ether oxygens (including phenoxy) is 2. The highest BCUT2D eigenvalue weighted by atomic mass is 32.2. The van der Waals surface area contributed by atoms with Crippen molar-refractivity contribution in [1.29, 1.82) is 0 Å². The van der Waals surface area contributed by atoms with Crippen molar-refractivity contribution in [2.75, 3.05) is 13.2 Å². The fourth-order valence-electron chi connectivity index (χ4n) is 2.34. The Morgan fingerprint density at radius 2 is 1.94 bits per heavy atom. The maximum Gasteiger partial charge on any atom is 0.162 e. The second-order valence-electron chi connectivity index (χ2n) is 4.62. The maximum atomic E-state index is 11.8. The van der Waals surface area contributed by atoms with Gasteiger partial charge >= 0.3 is 0 Å². The van der Waals surface area contributed by atoms with Crippen molar-refractivity contribution in [3.05, 3.63) is 18.2 Å². The zero-order valence-electron chi connectivity index (χ0n) is 10.2. The van der Waals surface area contributed by atoms with Gasteiger partial charge in [0.05, 0.1) is 5.25 Å². The normalized spacial score (nSPS) is 22.9. The molecule has 1 fully saturated rings. The summed E-state index contributed by atoms with van der Waals surface area (Å²) in [5.41, 5.74) is 0. The van der Waals surface area contributed by atoms with Gasteiger partial charge in [-0.1, -0.05) is 6.42 Å². The van der Waals surface area contributed by atoms with Crippen LogP contribution in [0.4, 0.5) is 0 Å². The van der Waals surface area contributed by atoms with Gasteiger partial charge in [-0.2, -0.15) is 0 Å². The van der Waals surface area contributed by atoms with Gasteiger partial charge in [-0.15, -0.1) is 11.8 Å². The average Bonchev–Trinajstić information content (AvgIpc) is 2.41. The molecule has 1 aliphatic heterocycles. The third kappa shape index (κ3) is 2.48. The SMILES string of the molecule is O=C1CCCC[C@H]1Sc1ccc2c(c1)OCCO2. The number of carbonyl (C=O) groups is 1. The molecule has 1 saturated carbocycles. The van der Waals surface area contributed by atoms with Gasteiger partial charge in [-0.25, -0.2) is 0 Å². The van der Waals surface area contributed by atoms with Gasteiger partial charge in [-0.05, 0) is 31.0 Å². The molecule has 0 N–H and O–H groups in total. The van der Waals surface area contributed by atoms with Crippen LogP contribution in [-0.2, 0) is 4.79 Å². The van der Waals surface area contributed by atoms with E-state index < -0.39 is 0 Å². The molecule has 0 aromatic heterocycles. The Kier molecular flexibility index (Phi) is 3.46. The molecular formula is C14H16O3S. The largest absolute Gasteiger partial charge is 0.486 e. The van der Waals surface area contributed by atoms with E-state index in [1.165, 1.54) is 0 Å². The van der Waals surface area contributed by atoms with Gasteiger partial charge in [-0.3, -0.25) is 4.79 Å². The topological polar surface area (TPSA) is 35.5 Å². The van der Waals surface area contributed by atoms with Crippen molar-refractivity contribution >= 4 is 17.5 Å². The molecule has 1 atom stereocenters. The van der Waals surface area contributed by atoms with E-state index in [4.69, 9.17) is 9.47 Å². The number of hydrogen-bond acceptors (Lipinski definition) is 4. The molecule has 0 bridgehead atoms. The summed E-state index contributed by atoms with van der Waals surface area (Å²) >= 11 is 1.66. The molecule has 3 nitrogen and oxygen atoms in total. The van der Waals surface area contributed by atoms with Crippen molar-refractivity contribution in [3.63, 3.8) is 0 Å². The van der Waals surface area contributed by atoms with E-state index in [1.807, 2.05) is 18.2 Å². The minimum atomic E-state index is 0.126. The Hall–Kier alpha value is -1.16. The van der Waals surface area contributed by atoms with E-state index in [0.29, 0.717) is 19.0 Å². The third-order valence-electron chi connectivity index (χ3n) is 3.29. The highest BCUT2D eigenvalue weighted by Crippen LogP contribution is 2.37. The van der Waals surface area contributed by atoms with Crippen molar-refractivity contribution in [1.82, 2.24) is 0 Å². The average molecular weight is 264 g/mol. The standard InChI is InChI=1S/C14H16O3S/c15-11-3-1-2-4-14(11)18-10-5-6-12-13(9-10)17-8-7-16-12/h5-6,9,14H,1-4,7-8H2/t14-/m1/s1. The Labute approximate surface area is 111 Å². The van der Waals surface area contributed by atoms with Crippen molar-refractivity contribution < 1.29 is 14.3 Å². The first-order chi connectivity index (χ1) is 8.83. The predicted octanol–water partition coefficient (Wildman–Crippen LogP) is 3.06. The Bertz CT molecular complexity index is 458. The summed E-state index contributed by atoms with van der Waals surface area (Å²) in [7, 11) is 0. The number of rotatable bonds is 2. The minimum Gasteiger partial charge on any atom is -0.486 e. The molecule has 1 aromatic carbocycles. The molecular weight excluding hydrogens is 248 g/mol. The lowest BCUT2D eigenvalue weighted by atomic mass is 9.99. The summed E-state index contributed by atoms with van der Waals surface area (Å²) in [6, 6.07) is 5.94. The van der Waals surface area contributed by atoms with Crippen LogP contribution in [0.15, 0.2) is 23.1 Å². The summed E-state index contributed by atoms with van der Waals surface area (Å²) in [5, 5.41) is 0.126. The van der Waals surface area contributed by atoms with Crippen molar-refractivity contribution in [2.45, 2.75) is 35.8 Å². The first kappa shape index (κ1) is 11.9. The van der Waals surface area contributed by atoms with Crippen LogP contribution in [0.1, 0.15) is 25.7 Å². The van der Waals surface area contributed by atoms with Crippen molar-refractivity contribution in [3.8, 4) is 11.5 Å². The number of ketones is 1. The van der Waals surface area contributed by atoms with Crippen LogP contribution in [0.3, 0.4) is 0 Å². The summed E-state index contributed by atoms with van der Waals surface area (Å²) in [6.45, 7) is 1.21. The van der Waals surface area contributed by atoms with E-state index in [9.17, 15) is 4.79 Å². The Balaban J connectivity index is 1.74. The van der Waals surface area contributed by atoms with Gasteiger partial charge in [0.25, 0.3) is 0 Å². The third-order valence-corrected chi connectivity index (χ3v) is 4.60. The maximum absolute atomic E-state index is 11.8. The summed E-state index contributed by atoms with van der Waals surface area (Å²) in [6.07, 6.45) is 3.95. The molecule has 0 saturated heterocycles. The lowest BCUT2D eigenvalue weighted by Crippen LogP contribution is -2.21. The molecule has 4 heteroatoms. The molecule has 96 valence electrons. The van der Waals surface area contributed by atoms with Gasteiger partial charge in [0.15, 0.2) is 11.5 Å². The van der Waals surface area contributed by atoms with Crippen molar-refractivity contribution in [2.24, 2.45) is 0 Å². The fraction of sp³-hybridized carbons (Fsp3) is 0.500. The highest BCUT2D eigenvalue weighted by molar-refractivity contribution is 8.00. The first-order valence-corrected chi connectivity index (χ1v) is 7.30. The van der Waals surface area contributed by atoms with E-state index in [2.05, 4.69) is 0 Å². The van der Waals surface area contributed by atoms with Gasteiger partial charge in [0.1, 0.15) is 19.0 Å². The van der Waals surface area contributed by atoms with Crippen LogP contribution < -0.4 is 9.47 Å². The highest BCUT2D eigenvalue weighted by Gasteiger charge is 2.23. The molecule has 0 radical (unpaired) electrons. The molecule has 1 aromatic rings. The van der Waals surface area contributed by atoms with E-state index in [-0.39, 0.29) is 5.25 Å². The van der Waals surface area contributed by atoms with E-state index in [1.54, 1.807) is 11.8 Å². The second kappa shape index (κ2) is 5.22. The molecule has 1 heterocycles. The number of benzene rings is 1. The Morgan fingerprint density at radius 1 is 1.11 bits per heavy atom. The molecule has 0 amide bonds. The van der Waals surface area contributed by atoms with Gasteiger partial charge < -0.3 is 9.47 Å². The Morgan fingerprint density at radius 3 is 2.78 bits per heavy atom. The van der Waals surface area contributed by atoms with Crippen LogP contribution >= 0.6 is 11.8 Å². The van der Waals surface area contributed by atoms with Gasteiger partial charge in [0.2, 0.25) is 0 Å². The summed E-state index contributed by atoms with van der Waals surface area (Å²) in [4.78, 5) is 12.9. The first-order valence-electron chi connectivity index (χ1n) is 6.42. The molecule has 0 spiro atoms. The molecule has 18 heavy (non-hydrogen) atoms. The number of hydrogen-bond donors (Lipinski definition) is 0.